The molecule has 2 amide bonds. The Bertz CT molecular complexity index is 2800. The molecule has 4 aliphatic rings. The van der Waals surface area contributed by atoms with Crippen molar-refractivity contribution in [3.63, 3.8) is 0 Å². The van der Waals surface area contributed by atoms with Crippen molar-refractivity contribution < 1.29 is 37.1 Å². The number of anilines is 1. The number of halogens is 1. The highest BCUT2D eigenvalue weighted by molar-refractivity contribution is 7.90. The van der Waals surface area contributed by atoms with Crippen molar-refractivity contribution >= 4 is 61.4 Å². The van der Waals surface area contributed by atoms with Gasteiger partial charge in [-0.3, -0.25) is 24.6 Å². The van der Waals surface area contributed by atoms with E-state index in [1.165, 1.54) is 29.0 Å². The SMILES string of the molecule is CC1(C)CCC(CN2CCN(c3ccc(C(=O)NS(=O)(=O)c4cc5c(c([N+](=O)[O-])c4)C[C@@H](C(=O)N4CCOCC4)CO5)c(Oc4cnc5[nH]ccc5c4)c3)CC2)=C(c2ccc(Cl)cc2)C1. The van der Waals surface area contributed by atoms with Gasteiger partial charge in [-0.05, 0) is 78.6 Å². The van der Waals surface area contributed by atoms with Gasteiger partial charge >= 0.3 is 0 Å². The lowest BCUT2D eigenvalue weighted by Crippen LogP contribution is -2.47. The average Bonchev–Trinajstić information content (AvgIpc) is 3.77. The van der Waals surface area contributed by atoms with E-state index in [1.807, 2.05) is 18.2 Å². The molecule has 340 valence electrons. The first-order valence-electron chi connectivity index (χ1n) is 21.8. The number of nitro groups is 1. The summed E-state index contributed by atoms with van der Waals surface area (Å²) in [6, 6.07) is 18.8. The molecule has 3 aromatic carbocycles. The lowest BCUT2D eigenvalue weighted by Gasteiger charge is -2.39. The van der Waals surface area contributed by atoms with E-state index in [-0.39, 0.29) is 47.0 Å². The number of nitro benzene ring substituents is 1. The highest BCUT2D eigenvalue weighted by atomic mass is 35.5. The Kier molecular flexibility index (Phi) is 12.3. The molecule has 1 aliphatic carbocycles. The molecule has 5 heterocycles. The number of carbonyl (C=O) groups excluding carboxylic acids is 2. The van der Waals surface area contributed by atoms with E-state index in [9.17, 15) is 28.1 Å². The Hall–Kier alpha value is -6.01. The first kappa shape index (κ1) is 44.2. The predicted octanol–water partition coefficient (Wildman–Crippen LogP) is 7.23. The lowest BCUT2D eigenvalue weighted by molar-refractivity contribution is -0.386. The van der Waals surface area contributed by atoms with Crippen LogP contribution >= 0.6 is 11.6 Å². The van der Waals surface area contributed by atoms with Gasteiger partial charge in [0.25, 0.3) is 21.6 Å². The third-order valence-electron chi connectivity index (χ3n) is 12.8. The number of morpholine rings is 1. The molecule has 0 spiro atoms. The molecule has 2 aromatic heterocycles. The summed E-state index contributed by atoms with van der Waals surface area (Å²) in [5.41, 5.74) is 5.20. The highest BCUT2D eigenvalue weighted by Gasteiger charge is 2.37. The van der Waals surface area contributed by atoms with Crippen molar-refractivity contribution in [3.05, 3.63) is 117 Å². The monoisotopic (exact) mass is 923 g/mol. The van der Waals surface area contributed by atoms with Crippen molar-refractivity contribution in [3.8, 4) is 17.2 Å². The molecule has 16 nitrogen and oxygen atoms in total. The lowest BCUT2D eigenvalue weighted by atomic mass is 9.72. The summed E-state index contributed by atoms with van der Waals surface area (Å²) in [5, 5.41) is 13.8. The van der Waals surface area contributed by atoms with Crippen LogP contribution in [0.15, 0.2) is 89.6 Å². The number of ether oxygens (including phenoxy) is 3. The number of amides is 2. The van der Waals surface area contributed by atoms with Gasteiger partial charge in [0.1, 0.15) is 29.5 Å². The molecular weight excluding hydrogens is 874 g/mol. The summed E-state index contributed by atoms with van der Waals surface area (Å²) in [5.74, 6) is -1.54. The molecule has 0 unspecified atom stereocenters. The second-order valence-corrected chi connectivity index (χ2v) is 19.9. The van der Waals surface area contributed by atoms with Gasteiger partial charge in [0.15, 0.2) is 0 Å². The molecule has 2 saturated heterocycles. The highest BCUT2D eigenvalue weighted by Crippen LogP contribution is 2.44. The summed E-state index contributed by atoms with van der Waals surface area (Å²) < 4.78 is 47.4. The summed E-state index contributed by atoms with van der Waals surface area (Å²) in [4.78, 5) is 52.2. The van der Waals surface area contributed by atoms with E-state index in [0.29, 0.717) is 50.8 Å². The maximum atomic E-state index is 14.1. The van der Waals surface area contributed by atoms with Gasteiger partial charge in [-0.25, -0.2) is 18.1 Å². The third-order valence-corrected chi connectivity index (χ3v) is 14.4. The number of hydrogen-bond donors (Lipinski definition) is 2. The number of allylic oxidation sites excluding steroid dienone is 1. The van der Waals surface area contributed by atoms with Crippen molar-refractivity contribution in [2.75, 3.05) is 70.5 Å². The van der Waals surface area contributed by atoms with Crippen LogP contribution in [0.4, 0.5) is 11.4 Å². The fourth-order valence-electron chi connectivity index (χ4n) is 9.17. The maximum absolute atomic E-state index is 14.1. The number of rotatable bonds is 11. The summed E-state index contributed by atoms with van der Waals surface area (Å²) in [7, 11) is -4.71. The molecule has 18 heteroatoms. The molecule has 2 N–H and O–H groups in total. The summed E-state index contributed by atoms with van der Waals surface area (Å²) in [6.07, 6.45) is 6.40. The Morgan fingerprint density at radius 1 is 1.02 bits per heavy atom. The van der Waals surface area contributed by atoms with Gasteiger partial charge < -0.3 is 29.0 Å². The van der Waals surface area contributed by atoms with E-state index in [4.69, 9.17) is 25.8 Å². The van der Waals surface area contributed by atoms with Crippen LogP contribution in [0.3, 0.4) is 0 Å². The fraction of sp³-hybridized carbons (Fsp3) is 0.383. The van der Waals surface area contributed by atoms with Gasteiger partial charge in [-0.1, -0.05) is 43.2 Å². The Balaban J connectivity index is 0.943. The van der Waals surface area contributed by atoms with Gasteiger partial charge in [-0.2, -0.15) is 0 Å². The number of pyridine rings is 1. The van der Waals surface area contributed by atoms with Gasteiger partial charge in [-0.15, -0.1) is 0 Å². The molecule has 0 saturated carbocycles. The van der Waals surface area contributed by atoms with Crippen LogP contribution in [0, 0.1) is 21.4 Å². The quantitative estimate of drug-likeness (QED) is 0.100. The van der Waals surface area contributed by atoms with E-state index >= 15 is 0 Å². The number of carbonyl (C=O) groups is 2. The Labute approximate surface area is 381 Å². The molecule has 2 fully saturated rings. The van der Waals surface area contributed by atoms with E-state index in [0.717, 1.165) is 67.1 Å². The number of fused-ring (bicyclic) bond motifs is 2. The van der Waals surface area contributed by atoms with Crippen LogP contribution in [-0.4, -0.2) is 111 Å². The number of sulfonamides is 1. The Morgan fingerprint density at radius 2 is 1.78 bits per heavy atom. The van der Waals surface area contributed by atoms with Crippen LogP contribution in [0.1, 0.15) is 54.6 Å². The normalized spacial score (nSPS) is 19.1. The zero-order valence-corrected chi connectivity index (χ0v) is 37.8. The molecule has 1 atom stereocenters. The first-order valence-corrected chi connectivity index (χ1v) is 23.6. The maximum Gasteiger partial charge on any atom is 0.277 e. The molecule has 0 radical (unpaired) electrons. The minimum atomic E-state index is -4.71. The second kappa shape index (κ2) is 18.1. The number of nitrogens with zero attached hydrogens (tertiary/aromatic N) is 5. The average molecular weight is 924 g/mol. The number of benzene rings is 3. The zero-order chi connectivity index (χ0) is 45.5. The first-order chi connectivity index (χ1) is 31.2. The molecule has 3 aliphatic heterocycles. The number of nitrogens with one attached hydrogen (secondary N) is 2. The smallest absolute Gasteiger partial charge is 0.277 e. The largest absolute Gasteiger partial charge is 0.492 e. The molecule has 9 rings (SSSR count). The Morgan fingerprint density at radius 3 is 2.54 bits per heavy atom. The van der Waals surface area contributed by atoms with E-state index in [1.54, 1.807) is 29.3 Å². The number of H-pyrrole nitrogens is 1. The van der Waals surface area contributed by atoms with Crippen LogP contribution in [0.25, 0.3) is 16.6 Å². The van der Waals surface area contributed by atoms with Gasteiger partial charge in [0.05, 0.1) is 46.3 Å². The van der Waals surface area contributed by atoms with Crippen LogP contribution in [-0.2, 0) is 26.0 Å². The van der Waals surface area contributed by atoms with Crippen molar-refractivity contribution in [2.45, 2.75) is 44.4 Å². The fourth-order valence-corrected chi connectivity index (χ4v) is 10.3. The predicted molar refractivity (Wildman–Crippen MR) is 245 cm³/mol. The van der Waals surface area contributed by atoms with E-state index < -0.39 is 37.4 Å². The minimum absolute atomic E-state index is 0.0120. The zero-order valence-electron chi connectivity index (χ0n) is 36.2. The van der Waals surface area contributed by atoms with Crippen molar-refractivity contribution in [1.29, 1.82) is 0 Å². The molecule has 5 aromatic rings. The third kappa shape index (κ3) is 9.69. The van der Waals surface area contributed by atoms with Crippen molar-refractivity contribution in [1.82, 2.24) is 24.5 Å². The van der Waals surface area contributed by atoms with E-state index in [2.05, 4.69) is 50.5 Å². The number of piperazine rings is 1. The molecular formula is C47H50ClN7O9S. The topological polar surface area (TPSA) is 190 Å². The number of hydrogen-bond acceptors (Lipinski definition) is 12. The van der Waals surface area contributed by atoms with Gasteiger partial charge in [0, 0.05) is 86.3 Å². The summed E-state index contributed by atoms with van der Waals surface area (Å²) in [6.45, 7) is 10.0. The number of aromatic nitrogens is 2. The van der Waals surface area contributed by atoms with Gasteiger partial charge in [0.2, 0.25) is 5.91 Å². The minimum Gasteiger partial charge on any atom is -0.492 e. The number of aromatic amines is 1. The van der Waals surface area contributed by atoms with Crippen LogP contribution in [0.5, 0.6) is 17.2 Å². The molecule has 0 bridgehead atoms. The molecule has 65 heavy (non-hydrogen) atoms. The standard InChI is InChI=1S/C47H50ClN7O9S/c1-47(2)11-9-32(40(26-47)30-3-5-34(48)6-4-30)28-52-13-15-53(16-14-52)35-7-8-38(43(23-35)64-36-21-31-10-12-49-44(31)50-27-36)45(56)51-65(60,61)37-24-41(55(58)59)39-22-33(29-63-42(39)25-37)46(57)54-17-19-62-20-18-54/h3-8,10,12,21,23-25,27,33H,9,11,13-20,22,26,28-29H2,1-2H3,(H,49,50)(H,51,56)/t33-/m1/s1. The van der Waals surface area contributed by atoms with Crippen LogP contribution in [0.2, 0.25) is 5.02 Å². The second-order valence-electron chi connectivity index (χ2n) is 17.8. The van der Waals surface area contributed by atoms with Crippen molar-refractivity contribution in [2.24, 2.45) is 11.3 Å². The van der Waals surface area contributed by atoms with Crippen LogP contribution < -0.4 is 19.1 Å². The summed E-state index contributed by atoms with van der Waals surface area (Å²) >= 11 is 6.24.